The van der Waals surface area contributed by atoms with E-state index in [1.807, 2.05) is 12.1 Å². The second-order valence-electron chi connectivity index (χ2n) is 6.54. The van der Waals surface area contributed by atoms with E-state index in [0.29, 0.717) is 5.92 Å². The van der Waals surface area contributed by atoms with Crippen molar-refractivity contribution in [2.45, 2.75) is 32.7 Å². The van der Waals surface area contributed by atoms with Crippen LogP contribution in [0.3, 0.4) is 0 Å². The van der Waals surface area contributed by atoms with Crippen molar-refractivity contribution in [1.29, 1.82) is 0 Å². The van der Waals surface area contributed by atoms with Crippen LogP contribution < -0.4 is 9.64 Å². The first-order valence-corrected chi connectivity index (χ1v) is 8.55. The van der Waals surface area contributed by atoms with E-state index in [2.05, 4.69) is 52.8 Å². The van der Waals surface area contributed by atoms with Gasteiger partial charge in [-0.15, -0.1) is 0 Å². The van der Waals surface area contributed by atoms with Gasteiger partial charge in [-0.2, -0.15) is 4.98 Å². The van der Waals surface area contributed by atoms with Crippen LogP contribution in [0.5, 0.6) is 5.75 Å². The molecule has 1 atom stereocenters. The molecule has 1 saturated heterocycles. The zero-order valence-electron chi connectivity index (χ0n) is 14.9. The molecule has 0 aliphatic carbocycles. The number of benzene rings is 1. The van der Waals surface area contributed by atoms with Gasteiger partial charge >= 0.3 is 0 Å². The number of anilines is 1. The Bertz CT molecular complexity index is 645. The Morgan fingerprint density at radius 3 is 2.25 bits per heavy atom. The summed E-state index contributed by atoms with van der Waals surface area (Å²) in [6.45, 7) is 10.2. The fourth-order valence-electron chi connectivity index (χ4n) is 2.97. The predicted octanol–water partition coefficient (Wildman–Crippen LogP) is 3.08. The molecule has 0 bridgehead atoms. The van der Waals surface area contributed by atoms with Crippen molar-refractivity contribution in [3.05, 3.63) is 36.0 Å². The molecule has 0 saturated carbocycles. The van der Waals surface area contributed by atoms with Crippen LogP contribution in [0.1, 0.15) is 44.4 Å². The van der Waals surface area contributed by atoms with Crippen molar-refractivity contribution in [2.24, 2.45) is 0 Å². The molecule has 1 aromatic carbocycles. The average molecular weight is 330 g/mol. The predicted molar refractivity (Wildman–Crippen MR) is 93.6 cm³/mol. The highest BCUT2D eigenvalue weighted by Gasteiger charge is 2.26. The van der Waals surface area contributed by atoms with Gasteiger partial charge < -0.3 is 14.2 Å². The maximum absolute atomic E-state index is 5.45. The molecular weight excluding hydrogens is 304 g/mol. The molecule has 1 aromatic heterocycles. The van der Waals surface area contributed by atoms with Gasteiger partial charge in [0.1, 0.15) is 5.75 Å². The zero-order chi connectivity index (χ0) is 17.1. The van der Waals surface area contributed by atoms with Crippen molar-refractivity contribution < 1.29 is 9.26 Å². The van der Waals surface area contributed by atoms with E-state index in [0.717, 1.165) is 43.6 Å². The largest absolute Gasteiger partial charge is 0.497 e. The number of ether oxygens (including phenoxy) is 1. The normalized spacial score (nSPS) is 17.3. The van der Waals surface area contributed by atoms with Crippen LogP contribution >= 0.6 is 0 Å². The molecule has 0 amide bonds. The van der Waals surface area contributed by atoms with Gasteiger partial charge in [-0.1, -0.05) is 19.0 Å². The monoisotopic (exact) mass is 330 g/mol. The Hall–Kier alpha value is -2.08. The molecule has 0 unspecified atom stereocenters. The van der Waals surface area contributed by atoms with Crippen molar-refractivity contribution in [3.63, 3.8) is 0 Å². The van der Waals surface area contributed by atoms with E-state index in [1.165, 1.54) is 5.69 Å². The minimum Gasteiger partial charge on any atom is -0.497 e. The highest BCUT2D eigenvalue weighted by atomic mass is 16.5. The van der Waals surface area contributed by atoms with E-state index in [1.54, 1.807) is 7.11 Å². The lowest BCUT2D eigenvalue weighted by molar-refractivity contribution is 0.164. The summed E-state index contributed by atoms with van der Waals surface area (Å²) in [4.78, 5) is 9.33. The third kappa shape index (κ3) is 3.53. The first-order valence-electron chi connectivity index (χ1n) is 8.55. The Kier molecular flexibility index (Phi) is 5.04. The Morgan fingerprint density at radius 2 is 1.71 bits per heavy atom. The highest BCUT2D eigenvalue weighted by molar-refractivity contribution is 5.49. The van der Waals surface area contributed by atoms with Crippen molar-refractivity contribution in [1.82, 2.24) is 15.0 Å². The van der Waals surface area contributed by atoms with Crippen LogP contribution in [0.4, 0.5) is 5.69 Å². The number of nitrogens with zero attached hydrogens (tertiary/aromatic N) is 4. The number of rotatable bonds is 5. The van der Waals surface area contributed by atoms with E-state index in [4.69, 9.17) is 9.26 Å². The van der Waals surface area contributed by atoms with Gasteiger partial charge in [0.15, 0.2) is 5.82 Å². The van der Waals surface area contributed by atoms with Gasteiger partial charge in [-0.25, -0.2) is 0 Å². The van der Waals surface area contributed by atoms with Crippen LogP contribution in [0.2, 0.25) is 0 Å². The fourth-order valence-corrected chi connectivity index (χ4v) is 2.97. The first kappa shape index (κ1) is 16.8. The third-order valence-electron chi connectivity index (χ3n) is 4.63. The molecule has 0 spiro atoms. The maximum atomic E-state index is 5.45. The lowest BCUT2D eigenvalue weighted by atomic mass is 10.2. The van der Waals surface area contributed by atoms with Gasteiger partial charge in [0, 0.05) is 37.8 Å². The van der Waals surface area contributed by atoms with Crippen LogP contribution in [-0.2, 0) is 0 Å². The van der Waals surface area contributed by atoms with Crippen LogP contribution in [0.15, 0.2) is 28.8 Å². The SMILES string of the molecule is COc1ccc(N2CCN([C@@H](C)c3nc(C(C)C)no3)CC2)cc1. The van der Waals surface area contributed by atoms with Crippen LogP contribution in [0.25, 0.3) is 0 Å². The Morgan fingerprint density at radius 1 is 1.04 bits per heavy atom. The quantitative estimate of drug-likeness (QED) is 0.840. The van der Waals surface area contributed by atoms with Gasteiger partial charge in [-0.05, 0) is 31.2 Å². The topological polar surface area (TPSA) is 54.6 Å². The van der Waals surface area contributed by atoms with Gasteiger partial charge in [0.05, 0.1) is 13.2 Å². The molecule has 130 valence electrons. The smallest absolute Gasteiger partial charge is 0.243 e. The van der Waals surface area contributed by atoms with Crippen molar-refractivity contribution >= 4 is 5.69 Å². The van der Waals surface area contributed by atoms with E-state index in [-0.39, 0.29) is 6.04 Å². The standard InChI is InChI=1S/C18H26N4O2/c1-13(2)17-19-18(24-20-17)14(3)21-9-11-22(12-10-21)15-5-7-16(23-4)8-6-15/h5-8,13-14H,9-12H2,1-4H3/t14-/m0/s1. The van der Waals surface area contributed by atoms with Crippen molar-refractivity contribution in [3.8, 4) is 5.75 Å². The number of hydrogen-bond acceptors (Lipinski definition) is 6. The highest BCUT2D eigenvalue weighted by Crippen LogP contribution is 2.25. The molecule has 24 heavy (non-hydrogen) atoms. The molecular formula is C18H26N4O2. The minimum absolute atomic E-state index is 0.156. The summed E-state index contributed by atoms with van der Waals surface area (Å²) >= 11 is 0. The lowest BCUT2D eigenvalue weighted by Gasteiger charge is -2.38. The molecule has 2 aromatic rings. The molecule has 1 aliphatic heterocycles. The summed E-state index contributed by atoms with van der Waals surface area (Å²) in [7, 11) is 1.69. The second kappa shape index (κ2) is 7.21. The summed E-state index contributed by atoms with van der Waals surface area (Å²) in [5.41, 5.74) is 1.24. The zero-order valence-corrected chi connectivity index (χ0v) is 14.9. The van der Waals surface area contributed by atoms with Crippen molar-refractivity contribution in [2.75, 3.05) is 38.2 Å². The van der Waals surface area contributed by atoms with Crippen LogP contribution in [0, 0.1) is 0 Å². The van der Waals surface area contributed by atoms with Gasteiger partial charge in [0.25, 0.3) is 0 Å². The number of methoxy groups -OCH3 is 1. The molecule has 6 heteroatoms. The summed E-state index contributed by atoms with van der Waals surface area (Å²) < 4.78 is 10.7. The lowest BCUT2D eigenvalue weighted by Crippen LogP contribution is -2.47. The Labute approximate surface area is 143 Å². The van der Waals surface area contributed by atoms with E-state index < -0.39 is 0 Å². The molecule has 3 rings (SSSR count). The molecule has 0 N–H and O–H groups in total. The first-order chi connectivity index (χ1) is 11.6. The summed E-state index contributed by atoms with van der Waals surface area (Å²) in [5, 5.41) is 4.08. The molecule has 2 heterocycles. The van der Waals surface area contributed by atoms with E-state index >= 15 is 0 Å². The molecule has 1 fully saturated rings. The maximum Gasteiger partial charge on any atom is 0.243 e. The number of piperazine rings is 1. The molecule has 1 aliphatic rings. The minimum atomic E-state index is 0.156. The van der Waals surface area contributed by atoms with Gasteiger partial charge in [0.2, 0.25) is 5.89 Å². The second-order valence-corrected chi connectivity index (χ2v) is 6.54. The summed E-state index contributed by atoms with van der Waals surface area (Å²) in [5.74, 6) is 2.69. The third-order valence-corrected chi connectivity index (χ3v) is 4.63. The van der Waals surface area contributed by atoms with Crippen LogP contribution in [-0.4, -0.2) is 48.3 Å². The molecule has 6 nitrogen and oxygen atoms in total. The fraction of sp³-hybridized carbons (Fsp3) is 0.556. The van der Waals surface area contributed by atoms with E-state index in [9.17, 15) is 0 Å². The number of hydrogen-bond donors (Lipinski definition) is 0. The molecule has 0 radical (unpaired) electrons. The average Bonchev–Trinajstić information content (AvgIpc) is 3.12. The Balaban J connectivity index is 1.59. The summed E-state index contributed by atoms with van der Waals surface area (Å²) in [6, 6.07) is 8.41. The summed E-state index contributed by atoms with van der Waals surface area (Å²) in [6.07, 6.45) is 0. The van der Waals surface area contributed by atoms with Gasteiger partial charge in [-0.3, -0.25) is 4.90 Å². The number of aromatic nitrogens is 2.